The summed E-state index contributed by atoms with van der Waals surface area (Å²) in [6.07, 6.45) is 0. The standard InChI is InChI=1S/C34H24F2O2P2/c35-32-22-25-21-30(39(37,26-13-5-1-6-14-26)27-15-7-2-8-16-27)23-34(31(25)24-33(32)36)40(38,28-17-9-3-10-18-28)29-19-11-4-12-20-29/h1-24H. The van der Waals surface area contributed by atoms with E-state index in [4.69, 9.17) is 0 Å². The molecule has 40 heavy (non-hydrogen) atoms. The van der Waals surface area contributed by atoms with Crippen molar-refractivity contribution in [1.29, 1.82) is 0 Å². The normalized spacial score (nSPS) is 11.9. The first-order chi connectivity index (χ1) is 19.4. The van der Waals surface area contributed by atoms with E-state index < -0.39 is 25.9 Å². The predicted octanol–water partition coefficient (Wildman–Crippen LogP) is 6.40. The molecule has 2 nitrogen and oxygen atoms in total. The van der Waals surface area contributed by atoms with Crippen LogP contribution in [0.3, 0.4) is 0 Å². The molecule has 0 aliphatic heterocycles. The molecule has 0 aliphatic rings. The molecule has 0 unspecified atom stereocenters. The van der Waals surface area contributed by atoms with E-state index in [1.807, 2.05) is 48.5 Å². The molecule has 0 amide bonds. The van der Waals surface area contributed by atoms with Gasteiger partial charge in [0.25, 0.3) is 0 Å². The Morgan fingerprint density at radius 2 is 0.775 bits per heavy atom. The van der Waals surface area contributed by atoms with Crippen molar-refractivity contribution in [2.24, 2.45) is 0 Å². The fraction of sp³-hybridized carbons (Fsp3) is 0. The fourth-order valence-electron chi connectivity index (χ4n) is 5.19. The van der Waals surface area contributed by atoms with Crippen LogP contribution in [0, 0.1) is 11.6 Å². The van der Waals surface area contributed by atoms with E-state index in [0.29, 0.717) is 42.6 Å². The third-order valence-electron chi connectivity index (χ3n) is 7.14. The Kier molecular flexibility index (Phi) is 6.84. The lowest BCUT2D eigenvalue weighted by molar-refractivity contribution is 0.511. The molecule has 0 heterocycles. The first-order valence-electron chi connectivity index (χ1n) is 12.8. The molecule has 0 saturated carbocycles. The first kappa shape index (κ1) is 26.1. The van der Waals surface area contributed by atoms with E-state index in [1.165, 1.54) is 0 Å². The molecular formula is C34H24F2O2P2. The van der Waals surface area contributed by atoms with Crippen LogP contribution >= 0.6 is 14.3 Å². The molecule has 0 atom stereocenters. The third kappa shape index (κ3) is 4.34. The highest BCUT2D eigenvalue weighted by Gasteiger charge is 2.36. The number of rotatable bonds is 6. The molecule has 6 aromatic carbocycles. The summed E-state index contributed by atoms with van der Waals surface area (Å²) in [4.78, 5) is 0. The van der Waals surface area contributed by atoms with Gasteiger partial charge >= 0.3 is 0 Å². The lowest BCUT2D eigenvalue weighted by Gasteiger charge is -2.25. The summed E-state index contributed by atoms with van der Waals surface area (Å²) in [5.74, 6) is -2.07. The lowest BCUT2D eigenvalue weighted by Crippen LogP contribution is -2.31. The zero-order valence-electron chi connectivity index (χ0n) is 21.3. The van der Waals surface area contributed by atoms with Crippen molar-refractivity contribution < 1.29 is 17.9 Å². The van der Waals surface area contributed by atoms with E-state index in [9.17, 15) is 8.78 Å². The highest BCUT2D eigenvalue weighted by Crippen LogP contribution is 2.48. The molecular weight excluding hydrogens is 540 g/mol. The summed E-state index contributed by atoms with van der Waals surface area (Å²) < 4.78 is 60.2. The molecule has 0 spiro atoms. The zero-order valence-corrected chi connectivity index (χ0v) is 23.1. The molecule has 6 aromatic rings. The summed E-state index contributed by atoms with van der Waals surface area (Å²) >= 11 is 0. The Labute approximate surface area is 231 Å². The van der Waals surface area contributed by atoms with Crippen LogP contribution in [-0.4, -0.2) is 0 Å². The summed E-state index contributed by atoms with van der Waals surface area (Å²) in [6.45, 7) is 0. The number of hydrogen-bond donors (Lipinski definition) is 0. The van der Waals surface area contributed by atoms with Gasteiger partial charge in [0.2, 0.25) is 0 Å². The molecule has 196 valence electrons. The SMILES string of the molecule is O=P(c1ccccc1)(c1ccccc1)c1cc(P(=O)(c2ccccc2)c2ccccc2)c2cc(F)c(F)cc2c1. The average molecular weight is 565 g/mol. The Hall–Kier alpha value is -4.10. The number of benzene rings is 6. The van der Waals surface area contributed by atoms with E-state index in [-0.39, 0.29) is 0 Å². The number of hydrogen-bond acceptors (Lipinski definition) is 2. The Balaban J connectivity index is 1.77. The van der Waals surface area contributed by atoms with Gasteiger partial charge in [0, 0.05) is 31.8 Å². The van der Waals surface area contributed by atoms with E-state index >= 15 is 9.13 Å². The Morgan fingerprint density at radius 1 is 0.400 bits per heavy atom. The van der Waals surface area contributed by atoms with Crippen LogP contribution in [0.5, 0.6) is 0 Å². The van der Waals surface area contributed by atoms with Gasteiger partial charge in [-0.25, -0.2) is 8.78 Å². The second kappa shape index (κ2) is 10.5. The smallest absolute Gasteiger partial charge is 0.171 e. The molecule has 6 heteroatoms. The van der Waals surface area contributed by atoms with Gasteiger partial charge in [0.1, 0.15) is 0 Å². The molecule has 0 bridgehead atoms. The third-order valence-corrected chi connectivity index (χ3v) is 13.3. The Morgan fingerprint density at radius 3 is 1.20 bits per heavy atom. The van der Waals surface area contributed by atoms with Crippen molar-refractivity contribution in [2.45, 2.75) is 0 Å². The molecule has 0 aromatic heterocycles. The van der Waals surface area contributed by atoms with Gasteiger partial charge in [-0.2, -0.15) is 0 Å². The van der Waals surface area contributed by atoms with Gasteiger partial charge in [-0.15, -0.1) is 0 Å². The summed E-state index contributed by atoms with van der Waals surface area (Å²) in [6, 6.07) is 41.7. The summed E-state index contributed by atoms with van der Waals surface area (Å²) in [5, 5.41) is 3.59. The van der Waals surface area contributed by atoms with Gasteiger partial charge in [-0.1, -0.05) is 121 Å². The van der Waals surface area contributed by atoms with Gasteiger partial charge in [0.15, 0.2) is 25.9 Å². The van der Waals surface area contributed by atoms with Crippen molar-refractivity contribution in [3.63, 3.8) is 0 Å². The average Bonchev–Trinajstić information content (AvgIpc) is 3.02. The number of halogens is 2. The minimum atomic E-state index is -3.65. The predicted molar refractivity (Wildman–Crippen MR) is 163 cm³/mol. The number of fused-ring (bicyclic) bond motifs is 1. The van der Waals surface area contributed by atoms with Gasteiger partial charge in [-0.05, 0) is 35.0 Å². The van der Waals surface area contributed by atoms with E-state index in [0.717, 1.165) is 12.1 Å². The van der Waals surface area contributed by atoms with Crippen LogP contribution in [0.2, 0.25) is 0 Å². The van der Waals surface area contributed by atoms with Crippen molar-refractivity contribution in [2.75, 3.05) is 0 Å². The molecule has 6 rings (SSSR count). The quantitative estimate of drug-likeness (QED) is 0.220. The topological polar surface area (TPSA) is 34.1 Å². The minimum Gasteiger partial charge on any atom is -0.309 e. The van der Waals surface area contributed by atoms with Crippen LogP contribution in [-0.2, 0) is 9.13 Å². The van der Waals surface area contributed by atoms with Gasteiger partial charge in [-0.3, -0.25) is 0 Å². The zero-order chi connectivity index (χ0) is 27.7. The van der Waals surface area contributed by atoms with Crippen LogP contribution in [0.25, 0.3) is 10.8 Å². The second-order valence-corrected chi connectivity index (χ2v) is 15.0. The van der Waals surface area contributed by atoms with Crippen molar-refractivity contribution in [1.82, 2.24) is 0 Å². The van der Waals surface area contributed by atoms with Gasteiger partial charge in [0.05, 0.1) is 0 Å². The molecule has 0 aliphatic carbocycles. The van der Waals surface area contributed by atoms with Crippen molar-refractivity contribution >= 4 is 56.9 Å². The van der Waals surface area contributed by atoms with Crippen molar-refractivity contribution in [3.05, 3.63) is 157 Å². The minimum absolute atomic E-state index is 0.309. The monoisotopic (exact) mass is 564 g/mol. The van der Waals surface area contributed by atoms with Crippen LogP contribution in [0.4, 0.5) is 8.78 Å². The maximum atomic E-state index is 15.5. The van der Waals surface area contributed by atoms with Crippen LogP contribution in [0.1, 0.15) is 0 Å². The summed E-state index contributed by atoms with van der Waals surface area (Å²) in [7, 11) is -7.17. The second-order valence-electron chi connectivity index (χ2n) is 9.51. The molecule has 0 saturated heterocycles. The maximum Gasteiger partial charge on any atom is 0.171 e. The molecule has 0 radical (unpaired) electrons. The van der Waals surface area contributed by atoms with Crippen molar-refractivity contribution in [3.8, 4) is 0 Å². The lowest BCUT2D eigenvalue weighted by atomic mass is 10.1. The van der Waals surface area contributed by atoms with E-state index in [2.05, 4.69) is 0 Å². The highest BCUT2D eigenvalue weighted by molar-refractivity contribution is 7.87. The Bertz CT molecular complexity index is 1820. The van der Waals surface area contributed by atoms with Gasteiger partial charge < -0.3 is 9.13 Å². The highest BCUT2D eigenvalue weighted by atomic mass is 31.2. The summed E-state index contributed by atoms with van der Waals surface area (Å²) in [5.41, 5.74) is 0. The molecule has 0 N–H and O–H groups in total. The first-order valence-corrected chi connectivity index (χ1v) is 16.2. The van der Waals surface area contributed by atoms with Crippen LogP contribution < -0.4 is 31.8 Å². The maximum absolute atomic E-state index is 15.5. The van der Waals surface area contributed by atoms with Crippen LogP contribution in [0.15, 0.2) is 146 Å². The molecule has 0 fully saturated rings. The largest absolute Gasteiger partial charge is 0.309 e. The fourth-order valence-corrected chi connectivity index (χ4v) is 10.9. The van der Waals surface area contributed by atoms with E-state index in [1.54, 1.807) is 84.9 Å².